The monoisotopic (exact) mass is 212 g/mol. The van der Waals surface area contributed by atoms with Gasteiger partial charge in [0.15, 0.2) is 0 Å². The van der Waals surface area contributed by atoms with E-state index in [9.17, 15) is 0 Å². The molecule has 0 unspecified atom stereocenters. The first-order valence-electron chi connectivity index (χ1n) is 4.73. The molecule has 0 aliphatic heterocycles. The standard InChI is InChI=1S/C10H8N6/c11-9-7-3-1-2-4-8(7)13-10(14-9)16-6-5-12-15-16/h1-6H,(H2,11,13,14). The molecule has 2 aromatic heterocycles. The molecule has 78 valence electrons. The van der Waals surface area contributed by atoms with Gasteiger partial charge in [0.05, 0.1) is 17.9 Å². The van der Waals surface area contributed by atoms with E-state index in [1.807, 2.05) is 24.3 Å². The van der Waals surface area contributed by atoms with Gasteiger partial charge in [0.2, 0.25) is 0 Å². The van der Waals surface area contributed by atoms with Crippen LogP contribution in [0.15, 0.2) is 36.7 Å². The number of anilines is 1. The minimum Gasteiger partial charge on any atom is -0.383 e. The van der Waals surface area contributed by atoms with Gasteiger partial charge in [-0.15, -0.1) is 5.10 Å². The van der Waals surface area contributed by atoms with Gasteiger partial charge in [-0.05, 0) is 12.1 Å². The van der Waals surface area contributed by atoms with Gasteiger partial charge in [0.25, 0.3) is 5.95 Å². The molecule has 2 heterocycles. The van der Waals surface area contributed by atoms with Gasteiger partial charge in [-0.25, -0.2) is 4.98 Å². The first-order chi connectivity index (χ1) is 7.84. The van der Waals surface area contributed by atoms with Gasteiger partial charge in [-0.3, -0.25) is 0 Å². The number of rotatable bonds is 1. The molecule has 0 aliphatic rings. The predicted molar refractivity (Wildman–Crippen MR) is 58.9 cm³/mol. The van der Waals surface area contributed by atoms with Crippen molar-refractivity contribution >= 4 is 16.7 Å². The van der Waals surface area contributed by atoms with Crippen LogP contribution in [0.25, 0.3) is 16.9 Å². The fourth-order valence-corrected chi connectivity index (χ4v) is 1.51. The van der Waals surface area contributed by atoms with Crippen molar-refractivity contribution in [2.24, 2.45) is 0 Å². The van der Waals surface area contributed by atoms with Gasteiger partial charge in [-0.1, -0.05) is 17.3 Å². The third-order valence-electron chi connectivity index (χ3n) is 2.25. The second-order valence-electron chi connectivity index (χ2n) is 3.27. The molecule has 0 fully saturated rings. The number of nitrogen functional groups attached to an aromatic ring is 1. The zero-order chi connectivity index (χ0) is 11.0. The number of hydrogen-bond acceptors (Lipinski definition) is 5. The molecule has 6 heteroatoms. The largest absolute Gasteiger partial charge is 0.383 e. The van der Waals surface area contributed by atoms with E-state index in [1.165, 1.54) is 4.68 Å². The molecule has 0 amide bonds. The first kappa shape index (κ1) is 8.78. The number of nitrogens with two attached hydrogens (primary N) is 1. The average Bonchev–Trinajstić information content (AvgIpc) is 2.82. The van der Waals surface area contributed by atoms with Gasteiger partial charge < -0.3 is 5.73 Å². The number of fused-ring (bicyclic) bond motifs is 1. The molecule has 0 radical (unpaired) electrons. The lowest BCUT2D eigenvalue weighted by atomic mass is 10.2. The Bertz CT molecular complexity index is 631. The Morgan fingerprint density at radius 2 is 2.00 bits per heavy atom. The summed E-state index contributed by atoms with van der Waals surface area (Å²) in [5.41, 5.74) is 6.64. The third-order valence-corrected chi connectivity index (χ3v) is 2.25. The summed E-state index contributed by atoms with van der Waals surface area (Å²) in [5.74, 6) is 0.866. The molecule has 0 bridgehead atoms. The van der Waals surface area contributed by atoms with Crippen molar-refractivity contribution in [2.45, 2.75) is 0 Å². The van der Waals surface area contributed by atoms with Crippen molar-refractivity contribution in [2.75, 3.05) is 5.73 Å². The van der Waals surface area contributed by atoms with Crippen LogP contribution in [0.2, 0.25) is 0 Å². The van der Waals surface area contributed by atoms with E-state index in [-0.39, 0.29) is 0 Å². The number of nitrogens with zero attached hydrogens (tertiary/aromatic N) is 5. The van der Waals surface area contributed by atoms with Crippen LogP contribution in [0.1, 0.15) is 0 Å². The second kappa shape index (κ2) is 3.27. The summed E-state index contributed by atoms with van der Waals surface area (Å²) in [5, 5.41) is 8.36. The van der Waals surface area contributed by atoms with Crippen LogP contribution in [0.3, 0.4) is 0 Å². The zero-order valence-corrected chi connectivity index (χ0v) is 8.28. The molecule has 2 N–H and O–H groups in total. The SMILES string of the molecule is Nc1nc(-n2ccnn2)nc2ccccc12. The maximum absolute atomic E-state index is 5.85. The highest BCUT2D eigenvalue weighted by molar-refractivity contribution is 5.88. The van der Waals surface area contributed by atoms with E-state index in [2.05, 4.69) is 20.3 Å². The summed E-state index contributed by atoms with van der Waals surface area (Å²) in [6, 6.07) is 7.57. The van der Waals surface area contributed by atoms with E-state index < -0.39 is 0 Å². The van der Waals surface area contributed by atoms with Crippen LogP contribution < -0.4 is 5.73 Å². The normalized spacial score (nSPS) is 10.8. The maximum atomic E-state index is 5.85. The molecule has 0 saturated heterocycles. The highest BCUT2D eigenvalue weighted by atomic mass is 15.5. The zero-order valence-electron chi connectivity index (χ0n) is 8.28. The summed E-state index contributed by atoms with van der Waals surface area (Å²) in [7, 11) is 0. The van der Waals surface area contributed by atoms with Crippen molar-refractivity contribution in [3.63, 3.8) is 0 Å². The lowest BCUT2D eigenvalue weighted by Crippen LogP contribution is -2.05. The van der Waals surface area contributed by atoms with E-state index in [0.717, 1.165) is 10.9 Å². The second-order valence-corrected chi connectivity index (χ2v) is 3.27. The molecule has 16 heavy (non-hydrogen) atoms. The molecule has 6 nitrogen and oxygen atoms in total. The molecule has 0 atom stereocenters. The van der Waals surface area contributed by atoms with Gasteiger partial charge in [0.1, 0.15) is 5.82 Å². The first-order valence-corrected chi connectivity index (χ1v) is 4.73. The summed E-state index contributed by atoms with van der Waals surface area (Å²) in [4.78, 5) is 8.52. The Kier molecular flexibility index (Phi) is 1.79. The molecule has 0 spiro atoms. The van der Waals surface area contributed by atoms with E-state index in [0.29, 0.717) is 11.8 Å². The van der Waals surface area contributed by atoms with E-state index >= 15 is 0 Å². The summed E-state index contributed by atoms with van der Waals surface area (Å²) in [6.45, 7) is 0. The van der Waals surface area contributed by atoms with Crippen LogP contribution >= 0.6 is 0 Å². The van der Waals surface area contributed by atoms with Crippen LogP contribution in [-0.2, 0) is 0 Å². The van der Waals surface area contributed by atoms with Gasteiger partial charge in [0, 0.05) is 5.39 Å². The van der Waals surface area contributed by atoms with Crippen molar-refractivity contribution in [1.82, 2.24) is 25.0 Å². The third kappa shape index (κ3) is 1.28. The topological polar surface area (TPSA) is 82.5 Å². The highest BCUT2D eigenvalue weighted by Gasteiger charge is 2.06. The maximum Gasteiger partial charge on any atom is 0.254 e. The molecular formula is C10H8N6. The number of benzene rings is 1. The van der Waals surface area contributed by atoms with Gasteiger partial charge >= 0.3 is 0 Å². The lowest BCUT2D eigenvalue weighted by Gasteiger charge is -2.03. The summed E-state index contributed by atoms with van der Waals surface area (Å²) >= 11 is 0. The molecule has 1 aromatic carbocycles. The number of hydrogen-bond donors (Lipinski definition) is 1. The average molecular weight is 212 g/mol. The Balaban J connectivity index is 2.29. The highest BCUT2D eigenvalue weighted by Crippen LogP contribution is 2.17. The summed E-state index contributed by atoms with van der Waals surface area (Å²) in [6.07, 6.45) is 3.23. The van der Waals surface area contributed by atoms with Crippen molar-refractivity contribution in [1.29, 1.82) is 0 Å². The fourth-order valence-electron chi connectivity index (χ4n) is 1.51. The predicted octanol–water partition coefficient (Wildman–Crippen LogP) is 0.793. The number of aromatic nitrogens is 5. The van der Waals surface area contributed by atoms with Crippen molar-refractivity contribution in [3.05, 3.63) is 36.7 Å². The lowest BCUT2D eigenvalue weighted by molar-refractivity contribution is 0.761. The molecule has 0 saturated carbocycles. The summed E-state index contributed by atoms with van der Waals surface area (Å²) < 4.78 is 1.48. The molecular weight excluding hydrogens is 204 g/mol. The van der Waals surface area contributed by atoms with Crippen molar-refractivity contribution in [3.8, 4) is 5.95 Å². The minimum absolute atomic E-state index is 0.425. The Morgan fingerprint density at radius 1 is 1.12 bits per heavy atom. The molecule has 3 aromatic rings. The molecule has 3 rings (SSSR count). The smallest absolute Gasteiger partial charge is 0.254 e. The van der Waals surface area contributed by atoms with E-state index in [4.69, 9.17) is 5.73 Å². The fraction of sp³-hybridized carbons (Fsp3) is 0. The van der Waals surface area contributed by atoms with Gasteiger partial charge in [-0.2, -0.15) is 9.67 Å². The molecule has 0 aliphatic carbocycles. The number of para-hydroxylation sites is 1. The Labute approximate surface area is 90.7 Å². The Hall–Kier alpha value is -2.50. The minimum atomic E-state index is 0.425. The van der Waals surface area contributed by atoms with Crippen molar-refractivity contribution < 1.29 is 0 Å². The van der Waals surface area contributed by atoms with Crippen LogP contribution in [0.4, 0.5) is 5.82 Å². The van der Waals surface area contributed by atoms with Crippen LogP contribution in [0.5, 0.6) is 0 Å². The van der Waals surface area contributed by atoms with E-state index in [1.54, 1.807) is 12.4 Å². The Morgan fingerprint density at radius 3 is 2.81 bits per heavy atom. The van der Waals surface area contributed by atoms with Crippen LogP contribution in [0, 0.1) is 0 Å². The van der Waals surface area contributed by atoms with Crippen LogP contribution in [-0.4, -0.2) is 25.0 Å². The quantitative estimate of drug-likeness (QED) is 0.644.